The summed E-state index contributed by atoms with van der Waals surface area (Å²) >= 11 is 0. The van der Waals surface area contributed by atoms with Crippen LogP contribution in [-0.2, 0) is 17.8 Å². The summed E-state index contributed by atoms with van der Waals surface area (Å²) in [6.07, 6.45) is 2.12. The summed E-state index contributed by atoms with van der Waals surface area (Å²) in [5, 5.41) is 0. The van der Waals surface area contributed by atoms with Crippen molar-refractivity contribution in [1.82, 2.24) is 0 Å². The van der Waals surface area contributed by atoms with Gasteiger partial charge in [0.05, 0.1) is 0 Å². The van der Waals surface area contributed by atoms with Gasteiger partial charge < -0.3 is 4.74 Å². The minimum absolute atomic E-state index is 0.0291. The van der Waals surface area contributed by atoms with E-state index in [1.807, 2.05) is 61.5 Å². The molecule has 2 rings (SSSR count). The van der Waals surface area contributed by atoms with Crippen molar-refractivity contribution in [2.24, 2.45) is 5.92 Å². The molecule has 2 aromatic carbocycles. The van der Waals surface area contributed by atoms with Crippen LogP contribution in [0.5, 0.6) is 5.75 Å². The highest BCUT2D eigenvalue weighted by Gasteiger charge is 2.10. The van der Waals surface area contributed by atoms with Gasteiger partial charge >= 0.3 is 0 Å². The van der Waals surface area contributed by atoms with E-state index < -0.39 is 0 Å². The Morgan fingerprint density at radius 3 is 2.38 bits per heavy atom. The molecule has 0 N–H and O–H groups in total. The molecule has 2 nitrogen and oxygen atoms in total. The van der Waals surface area contributed by atoms with Crippen LogP contribution in [0.15, 0.2) is 67.3 Å². The van der Waals surface area contributed by atoms with E-state index in [4.69, 9.17) is 4.74 Å². The average Bonchev–Trinajstić information content (AvgIpc) is 2.54. The molecule has 0 amide bonds. The number of carbonyl (C=O) groups is 1. The van der Waals surface area contributed by atoms with Crippen molar-refractivity contribution in [3.05, 3.63) is 78.4 Å². The van der Waals surface area contributed by atoms with Gasteiger partial charge in [-0.3, -0.25) is 4.79 Å². The number of ketones is 1. The lowest BCUT2D eigenvalue weighted by Gasteiger charge is -2.10. The summed E-state index contributed by atoms with van der Waals surface area (Å²) < 4.78 is 5.74. The van der Waals surface area contributed by atoms with Gasteiger partial charge in [-0.2, -0.15) is 0 Å². The van der Waals surface area contributed by atoms with E-state index in [-0.39, 0.29) is 11.7 Å². The van der Waals surface area contributed by atoms with Crippen molar-refractivity contribution in [3.63, 3.8) is 0 Å². The summed E-state index contributed by atoms with van der Waals surface area (Å²) in [6, 6.07) is 18.0. The first-order valence-corrected chi connectivity index (χ1v) is 7.11. The van der Waals surface area contributed by atoms with Crippen LogP contribution in [0.1, 0.15) is 18.1 Å². The molecule has 1 unspecified atom stereocenters. The van der Waals surface area contributed by atoms with E-state index in [0.29, 0.717) is 6.61 Å². The molecular formula is C19H20O2. The fourth-order valence-corrected chi connectivity index (χ4v) is 2.12. The normalized spacial score (nSPS) is 11.7. The van der Waals surface area contributed by atoms with E-state index in [0.717, 1.165) is 23.3 Å². The third-order valence-electron chi connectivity index (χ3n) is 3.40. The van der Waals surface area contributed by atoms with Crippen molar-refractivity contribution < 1.29 is 9.53 Å². The Morgan fingerprint density at radius 1 is 1.10 bits per heavy atom. The van der Waals surface area contributed by atoms with Gasteiger partial charge in [-0.05, 0) is 35.8 Å². The first kappa shape index (κ1) is 15.0. The molecule has 2 heteroatoms. The zero-order chi connectivity index (χ0) is 15.1. The van der Waals surface area contributed by atoms with Crippen LogP contribution in [0.2, 0.25) is 0 Å². The van der Waals surface area contributed by atoms with Gasteiger partial charge in [0, 0.05) is 5.92 Å². The Hall–Kier alpha value is -2.35. The quantitative estimate of drug-likeness (QED) is 0.710. The first-order chi connectivity index (χ1) is 10.2. The molecule has 0 saturated carbocycles. The van der Waals surface area contributed by atoms with Gasteiger partial charge in [0.15, 0.2) is 5.78 Å². The molecule has 108 valence electrons. The molecule has 2 aromatic rings. The molecule has 0 bridgehead atoms. The van der Waals surface area contributed by atoms with Crippen molar-refractivity contribution >= 4 is 5.78 Å². The maximum absolute atomic E-state index is 11.5. The third kappa shape index (κ3) is 4.60. The second-order valence-electron chi connectivity index (χ2n) is 5.13. The minimum atomic E-state index is -0.0291. The summed E-state index contributed by atoms with van der Waals surface area (Å²) in [5.41, 5.74) is 2.27. The third-order valence-corrected chi connectivity index (χ3v) is 3.40. The predicted molar refractivity (Wildman–Crippen MR) is 85.3 cm³/mol. The van der Waals surface area contributed by atoms with Crippen molar-refractivity contribution in [3.8, 4) is 5.75 Å². The number of hydrogen-bond donors (Lipinski definition) is 0. The van der Waals surface area contributed by atoms with Crippen molar-refractivity contribution in [2.75, 3.05) is 0 Å². The van der Waals surface area contributed by atoms with Crippen LogP contribution >= 0.6 is 0 Å². The molecule has 0 aliphatic carbocycles. The molecule has 0 aliphatic rings. The predicted octanol–water partition coefficient (Wildman–Crippen LogP) is 4.20. The number of rotatable bonds is 7. The SMILES string of the molecule is C=CC(=O)C(C)Cc1ccc(OCc2ccccc2)cc1. The van der Waals surface area contributed by atoms with Crippen LogP contribution in [-0.4, -0.2) is 5.78 Å². The number of allylic oxidation sites excluding steroid dienone is 1. The van der Waals surface area contributed by atoms with Gasteiger partial charge in [-0.25, -0.2) is 0 Å². The maximum Gasteiger partial charge on any atom is 0.158 e. The van der Waals surface area contributed by atoms with E-state index in [1.54, 1.807) is 0 Å². The highest BCUT2D eigenvalue weighted by molar-refractivity contribution is 5.91. The highest BCUT2D eigenvalue weighted by Crippen LogP contribution is 2.17. The molecule has 0 fully saturated rings. The molecule has 0 radical (unpaired) electrons. The van der Waals surface area contributed by atoms with Crippen LogP contribution in [0.3, 0.4) is 0 Å². The Labute approximate surface area is 126 Å². The Morgan fingerprint density at radius 2 is 1.76 bits per heavy atom. The molecule has 21 heavy (non-hydrogen) atoms. The van der Waals surface area contributed by atoms with E-state index >= 15 is 0 Å². The minimum Gasteiger partial charge on any atom is -0.489 e. The molecule has 0 saturated heterocycles. The lowest BCUT2D eigenvalue weighted by molar-refractivity contribution is -0.117. The fourth-order valence-electron chi connectivity index (χ4n) is 2.12. The second-order valence-corrected chi connectivity index (χ2v) is 5.13. The largest absolute Gasteiger partial charge is 0.489 e. The fraction of sp³-hybridized carbons (Fsp3) is 0.211. The zero-order valence-corrected chi connectivity index (χ0v) is 12.3. The van der Waals surface area contributed by atoms with Gasteiger partial charge in [0.25, 0.3) is 0 Å². The number of hydrogen-bond acceptors (Lipinski definition) is 2. The lowest BCUT2D eigenvalue weighted by Crippen LogP contribution is -2.10. The van der Waals surface area contributed by atoms with Gasteiger partial charge in [0.1, 0.15) is 12.4 Å². The number of carbonyl (C=O) groups excluding carboxylic acids is 1. The smallest absolute Gasteiger partial charge is 0.158 e. The van der Waals surface area contributed by atoms with Crippen molar-refractivity contribution in [1.29, 1.82) is 0 Å². The zero-order valence-electron chi connectivity index (χ0n) is 12.3. The Bertz CT molecular complexity index is 585. The molecule has 1 atom stereocenters. The van der Waals surface area contributed by atoms with Crippen LogP contribution < -0.4 is 4.74 Å². The van der Waals surface area contributed by atoms with E-state index in [2.05, 4.69) is 6.58 Å². The first-order valence-electron chi connectivity index (χ1n) is 7.11. The van der Waals surface area contributed by atoms with Crippen molar-refractivity contribution in [2.45, 2.75) is 20.0 Å². The Kier molecular flexibility index (Phi) is 5.33. The molecule has 0 heterocycles. The second kappa shape index (κ2) is 7.44. The van der Waals surface area contributed by atoms with Gasteiger partial charge in [0.2, 0.25) is 0 Å². The highest BCUT2D eigenvalue weighted by atomic mass is 16.5. The molecule has 0 aliphatic heterocycles. The number of benzene rings is 2. The molecule has 0 aromatic heterocycles. The van der Waals surface area contributed by atoms with E-state index in [9.17, 15) is 4.79 Å². The summed E-state index contributed by atoms with van der Waals surface area (Å²) in [6.45, 7) is 6.00. The summed E-state index contributed by atoms with van der Waals surface area (Å²) in [7, 11) is 0. The topological polar surface area (TPSA) is 26.3 Å². The monoisotopic (exact) mass is 280 g/mol. The Balaban J connectivity index is 1.90. The maximum atomic E-state index is 11.5. The number of ether oxygens (including phenoxy) is 1. The summed E-state index contributed by atoms with van der Waals surface area (Å²) in [4.78, 5) is 11.5. The van der Waals surface area contributed by atoms with Gasteiger partial charge in [-0.15, -0.1) is 0 Å². The van der Waals surface area contributed by atoms with Crippen LogP contribution in [0.25, 0.3) is 0 Å². The average molecular weight is 280 g/mol. The molecule has 0 spiro atoms. The van der Waals surface area contributed by atoms with Gasteiger partial charge in [-0.1, -0.05) is 56.0 Å². The van der Waals surface area contributed by atoms with Crippen LogP contribution in [0.4, 0.5) is 0 Å². The van der Waals surface area contributed by atoms with E-state index in [1.165, 1.54) is 6.08 Å². The molecular weight excluding hydrogens is 260 g/mol. The van der Waals surface area contributed by atoms with Crippen LogP contribution in [0, 0.1) is 5.92 Å². The lowest BCUT2D eigenvalue weighted by atomic mass is 9.97. The standard InChI is InChI=1S/C19H20O2/c1-3-19(20)15(2)13-16-9-11-18(12-10-16)21-14-17-7-5-4-6-8-17/h3-12,15H,1,13-14H2,2H3. The summed E-state index contributed by atoms with van der Waals surface area (Å²) in [5.74, 6) is 0.892.